The first-order valence-corrected chi connectivity index (χ1v) is 10.3. The van der Waals surface area contributed by atoms with Crippen LogP contribution in [0.25, 0.3) is 11.4 Å². The van der Waals surface area contributed by atoms with E-state index in [0.717, 1.165) is 15.1 Å². The highest BCUT2D eigenvalue weighted by Gasteiger charge is 2.17. The number of nitrogens with zero attached hydrogens (tertiary/aromatic N) is 2. The molecule has 0 atom stereocenters. The Hall–Kier alpha value is -1.81. The molecule has 0 spiro atoms. The molecule has 0 aliphatic carbocycles. The molecule has 0 fully saturated rings. The number of aromatic nitrogens is 2. The molecule has 6 nitrogen and oxygen atoms in total. The summed E-state index contributed by atoms with van der Waals surface area (Å²) in [5, 5.41) is 0. The van der Waals surface area contributed by atoms with Crippen molar-refractivity contribution < 1.29 is 13.2 Å². The lowest BCUT2D eigenvalue weighted by atomic mass is 10.2. The molecular weight excluding hydrogens is 426 g/mol. The van der Waals surface area contributed by atoms with E-state index in [4.69, 9.17) is 4.74 Å². The molecule has 130 valence electrons. The van der Waals surface area contributed by atoms with Gasteiger partial charge in [-0.3, -0.25) is 4.98 Å². The lowest BCUT2D eigenvalue weighted by molar-refractivity contribution is 0.413. The summed E-state index contributed by atoms with van der Waals surface area (Å²) in [6.45, 7) is 0.0505. The molecule has 0 saturated heterocycles. The highest BCUT2D eigenvalue weighted by molar-refractivity contribution is 9.11. The maximum atomic E-state index is 12.3. The quantitative estimate of drug-likeness (QED) is 0.635. The van der Waals surface area contributed by atoms with Gasteiger partial charge in [-0.05, 0) is 40.2 Å². The van der Waals surface area contributed by atoms with Gasteiger partial charge in [0.2, 0.25) is 10.0 Å². The number of thiophene rings is 1. The third-order valence-electron chi connectivity index (χ3n) is 3.27. The Morgan fingerprint density at radius 2 is 2.04 bits per heavy atom. The number of ether oxygens (including phenoxy) is 1. The molecule has 0 unspecified atom stereocenters. The predicted molar refractivity (Wildman–Crippen MR) is 100 cm³/mol. The summed E-state index contributed by atoms with van der Waals surface area (Å²) in [6, 6.07) is 12.2. The molecule has 0 radical (unpaired) electrons. The van der Waals surface area contributed by atoms with Crippen molar-refractivity contribution in [3.05, 3.63) is 58.1 Å². The van der Waals surface area contributed by atoms with E-state index in [9.17, 15) is 8.42 Å². The highest BCUT2D eigenvalue weighted by Crippen LogP contribution is 2.26. The standard InChI is InChI=1S/C16H14BrN3O3S2/c1-23-12-8-11(20-14(9-12)13-4-2-3-7-18-13)10-19-25(21,22)16-6-5-15(17)24-16/h2-9,19H,10H2,1H3. The smallest absolute Gasteiger partial charge is 0.250 e. The van der Waals surface area contributed by atoms with Crippen molar-refractivity contribution >= 4 is 37.3 Å². The van der Waals surface area contributed by atoms with Crippen molar-refractivity contribution in [1.82, 2.24) is 14.7 Å². The number of hydrogen-bond donors (Lipinski definition) is 1. The van der Waals surface area contributed by atoms with Crippen LogP contribution in [0, 0.1) is 0 Å². The van der Waals surface area contributed by atoms with Gasteiger partial charge in [0.25, 0.3) is 0 Å². The van der Waals surface area contributed by atoms with Gasteiger partial charge in [-0.25, -0.2) is 18.1 Å². The molecule has 3 aromatic heterocycles. The highest BCUT2D eigenvalue weighted by atomic mass is 79.9. The molecule has 3 rings (SSSR count). The Bertz CT molecular complexity index is 975. The molecule has 1 N–H and O–H groups in total. The van der Waals surface area contributed by atoms with Crippen molar-refractivity contribution in [3.8, 4) is 17.1 Å². The third kappa shape index (κ3) is 4.43. The number of rotatable bonds is 6. The molecule has 25 heavy (non-hydrogen) atoms. The molecule has 0 aromatic carbocycles. The van der Waals surface area contributed by atoms with E-state index in [1.54, 1.807) is 37.6 Å². The van der Waals surface area contributed by atoms with Gasteiger partial charge in [0.1, 0.15) is 9.96 Å². The molecule has 9 heteroatoms. The summed E-state index contributed by atoms with van der Waals surface area (Å²) in [5.74, 6) is 0.587. The Morgan fingerprint density at radius 1 is 1.20 bits per heavy atom. The van der Waals surface area contributed by atoms with Crippen molar-refractivity contribution in [2.75, 3.05) is 7.11 Å². The number of methoxy groups -OCH3 is 1. The molecule has 3 heterocycles. The van der Waals surface area contributed by atoms with Crippen LogP contribution >= 0.6 is 27.3 Å². The maximum Gasteiger partial charge on any atom is 0.250 e. The normalized spacial score (nSPS) is 11.4. The van der Waals surface area contributed by atoms with Gasteiger partial charge in [0, 0.05) is 18.3 Å². The lowest BCUT2D eigenvalue weighted by Gasteiger charge is -2.09. The van der Waals surface area contributed by atoms with E-state index in [-0.39, 0.29) is 10.8 Å². The van der Waals surface area contributed by atoms with Crippen LogP contribution in [0.3, 0.4) is 0 Å². The number of hydrogen-bond acceptors (Lipinski definition) is 6. The van der Waals surface area contributed by atoms with Crippen LogP contribution in [0.15, 0.2) is 56.7 Å². The zero-order valence-electron chi connectivity index (χ0n) is 13.1. The molecule has 0 aliphatic rings. The van der Waals surface area contributed by atoms with Crippen LogP contribution < -0.4 is 9.46 Å². The summed E-state index contributed by atoms with van der Waals surface area (Å²) in [4.78, 5) is 8.74. The van der Waals surface area contributed by atoms with Crippen LogP contribution in [0.1, 0.15) is 5.69 Å². The van der Waals surface area contributed by atoms with Crippen molar-refractivity contribution in [2.45, 2.75) is 10.8 Å². The van der Waals surface area contributed by atoms with E-state index in [1.165, 1.54) is 0 Å². The van der Waals surface area contributed by atoms with Crippen molar-refractivity contribution in [3.63, 3.8) is 0 Å². The summed E-state index contributed by atoms with van der Waals surface area (Å²) in [6.07, 6.45) is 1.67. The molecule has 0 bridgehead atoms. The second kappa shape index (κ2) is 7.61. The largest absolute Gasteiger partial charge is 0.497 e. The van der Waals surface area contributed by atoms with Gasteiger partial charge >= 0.3 is 0 Å². The van der Waals surface area contributed by atoms with Crippen LogP contribution in [-0.4, -0.2) is 25.5 Å². The minimum Gasteiger partial charge on any atom is -0.497 e. The molecule has 0 amide bonds. The van der Waals surface area contributed by atoms with E-state index < -0.39 is 10.0 Å². The monoisotopic (exact) mass is 439 g/mol. The van der Waals surface area contributed by atoms with Gasteiger partial charge in [0.15, 0.2) is 0 Å². The fraction of sp³-hybridized carbons (Fsp3) is 0.125. The van der Waals surface area contributed by atoms with Gasteiger partial charge < -0.3 is 4.74 Å². The van der Waals surface area contributed by atoms with Crippen LogP contribution in [0.5, 0.6) is 5.75 Å². The Morgan fingerprint density at radius 3 is 2.68 bits per heavy atom. The zero-order chi connectivity index (χ0) is 17.9. The van der Waals surface area contributed by atoms with Crippen LogP contribution in [-0.2, 0) is 16.6 Å². The SMILES string of the molecule is COc1cc(CNS(=O)(=O)c2ccc(Br)s2)nc(-c2ccccn2)c1. The number of sulfonamides is 1. The molecule has 3 aromatic rings. The van der Waals surface area contributed by atoms with Gasteiger partial charge in [-0.15, -0.1) is 11.3 Å². The summed E-state index contributed by atoms with van der Waals surface area (Å²) >= 11 is 4.41. The third-order valence-corrected chi connectivity index (χ3v) is 6.79. The molecule has 0 saturated carbocycles. The second-order valence-electron chi connectivity index (χ2n) is 4.98. The van der Waals surface area contributed by atoms with E-state index in [0.29, 0.717) is 22.8 Å². The first kappa shape index (κ1) is 18.0. The fourth-order valence-electron chi connectivity index (χ4n) is 2.10. The number of pyridine rings is 2. The van der Waals surface area contributed by atoms with Gasteiger partial charge in [-0.1, -0.05) is 6.07 Å². The van der Waals surface area contributed by atoms with Crippen LogP contribution in [0.2, 0.25) is 0 Å². The first-order chi connectivity index (χ1) is 12.0. The first-order valence-electron chi connectivity index (χ1n) is 7.19. The topological polar surface area (TPSA) is 81.2 Å². The minimum atomic E-state index is -3.59. The predicted octanol–water partition coefficient (Wildman–Crippen LogP) is 3.45. The summed E-state index contributed by atoms with van der Waals surface area (Å²) < 4.78 is 33.5. The maximum absolute atomic E-state index is 12.3. The average Bonchev–Trinajstić information content (AvgIpc) is 3.08. The molecular formula is C16H14BrN3O3S2. The van der Waals surface area contributed by atoms with Crippen molar-refractivity contribution in [1.29, 1.82) is 0 Å². The lowest BCUT2D eigenvalue weighted by Crippen LogP contribution is -2.23. The number of nitrogens with one attached hydrogen (secondary N) is 1. The Kier molecular flexibility index (Phi) is 5.48. The summed E-state index contributed by atoms with van der Waals surface area (Å²) in [7, 11) is -2.04. The Labute approximate surface area is 158 Å². The fourth-order valence-corrected chi connectivity index (χ4v) is 5.15. The number of halogens is 1. The Balaban J connectivity index is 1.85. The van der Waals surface area contributed by atoms with E-state index in [2.05, 4.69) is 30.6 Å². The minimum absolute atomic E-state index is 0.0505. The van der Waals surface area contributed by atoms with Gasteiger partial charge in [-0.2, -0.15) is 0 Å². The van der Waals surface area contributed by atoms with E-state index in [1.807, 2.05) is 18.2 Å². The molecule has 0 aliphatic heterocycles. The van der Waals surface area contributed by atoms with Gasteiger partial charge in [0.05, 0.1) is 34.5 Å². The summed E-state index contributed by atoms with van der Waals surface area (Å²) in [5.41, 5.74) is 1.85. The van der Waals surface area contributed by atoms with Crippen LogP contribution in [0.4, 0.5) is 0 Å². The van der Waals surface area contributed by atoms with Crippen molar-refractivity contribution in [2.24, 2.45) is 0 Å². The van der Waals surface area contributed by atoms with E-state index >= 15 is 0 Å². The average molecular weight is 440 g/mol. The second-order valence-corrected chi connectivity index (χ2v) is 9.44. The zero-order valence-corrected chi connectivity index (χ0v) is 16.4.